The summed E-state index contributed by atoms with van der Waals surface area (Å²) in [6.07, 6.45) is 3.76. The third-order valence-corrected chi connectivity index (χ3v) is 5.05. The molecule has 0 amide bonds. The molecule has 30 heavy (non-hydrogen) atoms. The summed E-state index contributed by atoms with van der Waals surface area (Å²) in [5.41, 5.74) is 4.03. The van der Waals surface area contributed by atoms with Crippen LogP contribution in [-0.4, -0.2) is 50.7 Å². The lowest BCUT2D eigenvalue weighted by atomic mass is 10.2. The van der Waals surface area contributed by atoms with Gasteiger partial charge < -0.3 is 19.9 Å². The number of aromatic amines is 1. The zero-order valence-corrected chi connectivity index (χ0v) is 17.8. The van der Waals surface area contributed by atoms with Gasteiger partial charge in [0.15, 0.2) is 17.3 Å². The van der Waals surface area contributed by atoms with Crippen LogP contribution in [0.5, 0.6) is 0 Å². The Morgan fingerprint density at radius 1 is 1.07 bits per heavy atom. The van der Waals surface area contributed by atoms with Crippen molar-refractivity contribution < 1.29 is 4.39 Å². The first-order valence-electron chi connectivity index (χ1n) is 10.3. The number of benzene rings is 1. The van der Waals surface area contributed by atoms with Crippen molar-refractivity contribution in [2.45, 2.75) is 27.7 Å². The molecule has 3 aromatic heterocycles. The highest BCUT2D eigenvalue weighted by atomic mass is 19.1. The predicted octanol–water partition coefficient (Wildman–Crippen LogP) is 3.54. The number of nitrogens with zero attached hydrogens (tertiary/aromatic N) is 5. The fourth-order valence-electron chi connectivity index (χ4n) is 3.78. The Morgan fingerprint density at radius 2 is 1.83 bits per heavy atom. The standard InChI is InChI=1S/C19H21FN8.C2H6/c1-11-9-28-10-16(24-19(28)12(2)22-11)23-18-17-14(20)7-13(8-15(17)25-26-18)27-5-3-21-4-6-27;1-2/h7-10,21H,3-6H2,1-2H3,(H2,23,25,26);1-2H3. The first-order chi connectivity index (χ1) is 14.6. The van der Waals surface area contributed by atoms with Crippen LogP contribution in [0.3, 0.4) is 0 Å². The summed E-state index contributed by atoms with van der Waals surface area (Å²) in [5, 5.41) is 14.1. The maximum absolute atomic E-state index is 14.9. The van der Waals surface area contributed by atoms with E-state index in [4.69, 9.17) is 0 Å². The molecule has 158 valence electrons. The van der Waals surface area contributed by atoms with Gasteiger partial charge in [0.25, 0.3) is 0 Å². The monoisotopic (exact) mass is 410 g/mol. The second kappa shape index (κ2) is 8.27. The number of rotatable bonds is 3. The van der Waals surface area contributed by atoms with E-state index in [1.54, 1.807) is 6.07 Å². The van der Waals surface area contributed by atoms with Gasteiger partial charge in [-0.25, -0.2) is 9.37 Å². The van der Waals surface area contributed by atoms with Crippen LogP contribution in [0.4, 0.5) is 21.7 Å². The van der Waals surface area contributed by atoms with Gasteiger partial charge >= 0.3 is 0 Å². The van der Waals surface area contributed by atoms with Crippen LogP contribution in [0.1, 0.15) is 25.2 Å². The quantitative estimate of drug-likeness (QED) is 0.479. The lowest BCUT2D eigenvalue weighted by molar-refractivity contribution is 0.586. The molecule has 0 bridgehead atoms. The second-order valence-corrected chi connectivity index (χ2v) is 7.11. The average molecular weight is 411 g/mol. The van der Waals surface area contributed by atoms with E-state index in [9.17, 15) is 4.39 Å². The lowest BCUT2D eigenvalue weighted by Crippen LogP contribution is -2.43. The molecule has 1 aromatic carbocycles. The molecular formula is C21H27FN8. The van der Waals surface area contributed by atoms with Gasteiger partial charge in [-0.1, -0.05) is 13.8 Å². The molecule has 1 aliphatic heterocycles. The summed E-state index contributed by atoms with van der Waals surface area (Å²) in [4.78, 5) is 11.2. The molecule has 1 fully saturated rings. The number of piperazine rings is 1. The zero-order chi connectivity index (χ0) is 21.3. The molecule has 5 rings (SSSR count). The Balaban J connectivity index is 0.00000106. The van der Waals surface area contributed by atoms with E-state index in [2.05, 4.69) is 35.7 Å². The zero-order valence-electron chi connectivity index (χ0n) is 17.8. The highest BCUT2D eigenvalue weighted by Gasteiger charge is 2.18. The van der Waals surface area contributed by atoms with E-state index < -0.39 is 0 Å². The van der Waals surface area contributed by atoms with Crippen LogP contribution in [0, 0.1) is 19.7 Å². The van der Waals surface area contributed by atoms with Gasteiger partial charge in [-0.2, -0.15) is 5.10 Å². The Hall–Kier alpha value is -3.20. The van der Waals surface area contributed by atoms with Crippen LogP contribution in [0.25, 0.3) is 16.6 Å². The Bertz CT molecular complexity index is 1170. The number of imidazole rings is 1. The van der Waals surface area contributed by atoms with E-state index in [0.717, 1.165) is 48.9 Å². The summed E-state index contributed by atoms with van der Waals surface area (Å²) < 4.78 is 16.9. The lowest BCUT2D eigenvalue weighted by Gasteiger charge is -2.29. The van der Waals surface area contributed by atoms with Crippen LogP contribution < -0.4 is 15.5 Å². The van der Waals surface area contributed by atoms with Gasteiger partial charge in [0.1, 0.15) is 5.82 Å². The minimum absolute atomic E-state index is 0.306. The molecule has 0 unspecified atom stereocenters. The fraction of sp³-hybridized carbons (Fsp3) is 0.381. The maximum Gasteiger partial charge on any atom is 0.164 e. The van der Waals surface area contributed by atoms with Crippen molar-refractivity contribution in [3.8, 4) is 0 Å². The minimum atomic E-state index is -0.306. The number of fused-ring (bicyclic) bond motifs is 2. The van der Waals surface area contributed by atoms with Crippen LogP contribution >= 0.6 is 0 Å². The third kappa shape index (κ3) is 3.68. The van der Waals surface area contributed by atoms with Gasteiger partial charge in [0, 0.05) is 38.1 Å². The van der Waals surface area contributed by atoms with Crippen molar-refractivity contribution in [2.75, 3.05) is 36.4 Å². The Kier molecular flexibility index (Phi) is 5.54. The number of hydrogen-bond donors (Lipinski definition) is 3. The number of halogens is 1. The number of aromatic nitrogens is 5. The molecule has 4 heterocycles. The molecule has 0 aliphatic carbocycles. The van der Waals surface area contributed by atoms with Crippen LogP contribution in [-0.2, 0) is 0 Å². The first-order valence-corrected chi connectivity index (χ1v) is 10.3. The summed E-state index contributed by atoms with van der Waals surface area (Å²) in [6.45, 7) is 11.4. The van der Waals surface area contributed by atoms with Crippen molar-refractivity contribution in [1.29, 1.82) is 0 Å². The first kappa shape index (κ1) is 20.1. The molecule has 0 radical (unpaired) electrons. The number of nitrogens with one attached hydrogen (secondary N) is 3. The molecule has 9 heteroatoms. The highest BCUT2D eigenvalue weighted by molar-refractivity contribution is 5.93. The molecule has 1 aliphatic rings. The topological polar surface area (TPSA) is 86.2 Å². The fourth-order valence-corrected chi connectivity index (χ4v) is 3.78. The molecule has 0 saturated carbocycles. The molecule has 4 aromatic rings. The van der Waals surface area contributed by atoms with Crippen molar-refractivity contribution in [3.05, 3.63) is 41.7 Å². The van der Waals surface area contributed by atoms with E-state index in [1.165, 1.54) is 0 Å². The second-order valence-electron chi connectivity index (χ2n) is 7.11. The number of hydrogen-bond acceptors (Lipinski definition) is 6. The molecule has 0 atom stereocenters. The van der Waals surface area contributed by atoms with Crippen LogP contribution in [0.15, 0.2) is 24.5 Å². The van der Waals surface area contributed by atoms with E-state index in [1.807, 2.05) is 50.6 Å². The Labute approximate surface area is 174 Å². The van der Waals surface area contributed by atoms with Crippen molar-refractivity contribution in [2.24, 2.45) is 0 Å². The normalized spacial score (nSPS) is 14.1. The molecule has 3 N–H and O–H groups in total. The summed E-state index contributed by atoms with van der Waals surface area (Å²) in [7, 11) is 0. The summed E-state index contributed by atoms with van der Waals surface area (Å²) in [5.74, 6) is 0.708. The molecule has 0 spiro atoms. The van der Waals surface area contributed by atoms with E-state index in [0.29, 0.717) is 22.5 Å². The largest absolute Gasteiger partial charge is 0.369 e. The number of anilines is 3. The molecular weight excluding hydrogens is 383 g/mol. The van der Waals surface area contributed by atoms with E-state index in [-0.39, 0.29) is 5.82 Å². The average Bonchev–Trinajstić information content (AvgIpc) is 3.34. The van der Waals surface area contributed by atoms with E-state index >= 15 is 0 Å². The van der Waals surface area contributed by atoms with Gasteiger partial charge in [-0.15, -0.1) is 0 Å². The minimum Gasteiger partial charge on any atom is -0.369 e. The third-order valence-electron chi connectivity index (χ3n) is 5.05. The van der Waals surface area contributed by atoms with Crippen LogP contribution in [0.2, 0.25) is 0 Å². The number of aryl methyl sites for hydroxylation is 2. The van der Waals surface area contributed by atoms with Gasteiger partial charge in [-0.3, -0.25) is 10.1 Å². The van der Waals surface area contributed by atoms with Gasteiger partial charge in [0.2, 0.25) is 0 Å². The van der Waals surface area contributed by atoms with Crippen molar-refractivity contribution >= 4 is 33.9 Å². The maximum atomic E-state index is 14.9. The number of H-pyrrole nitrogens is 1. The van der Waals surface area contributed by atoms with Gasteiger partial charge in [-0.05, 0) is 26.0 Å². The highest BCUT2D eigenvalue weighted by Crippen LogP contribution is 2.30. The molecule has 8 nitrogen and oxygen atoms in total. The van der Waals surface area contributed by atoms with Crippen molar-refractivity contribution in [1.82, 2.24) is 29.9 Å². The Morgan fingerprint density at radius 3 is 2.60 bits per heavy atom. The van der Waals surface area contributed by atoms with Gasteiger partial charge in [0.05, 0.1) is 28.5 Å². The smallest absolute Gasteiger partial charge is 0.164 e. The summed E-state index contributed by atoms with van der Waals surface area (Å²) in [6, 6.07) is 3.53. The SMILES string of the molecule is CC.Cc1cn2cc(Nc3n[nH]c4cc(N5CCNCC5)cc(F)c34)nc2c(C)n1. The predicted molar refractivity (Wildman–Crippen MR) is 118 cm³/mol. The molecule has 1 saturated heterocycles. The summed E-state index contributed by atoms with van der Waals surface area (Å²) >= 11 is 0. The van der Waals surface area contributed by atoms with Crippen molar-refractivity contribution in [3.63, 3.8) is 0 Å².